The van der Waals surface area contributed by atoms with E-state index in [1.807, 2.05) is 6.92 Å². The molecule has 0 heterocycles. The summed E-state index contributed by atoms with van der Waals surface area (Å²) in [6.45, 7) is 9.76. The average Bonchev–Trinajstić information content (AvgIpc) is 2.11. The van der Waals surface area contributed by atoms with Crippen LogP contribution in [0.25, 0.3) is 0 Å². The van der Waals surface area contributed by atoms with Gasteiger partial charge in [-0.2, -0.15) is 0 Å². The van der Waals surface area contributed by atoms with Crippen molar-refractivity contribution < 1.29 is 0 Å². The van der Waals surface area contributed by atoms with Gasteiger partial charge in [0, 0.05) is 6.21 Å². The lowest BCUT2D eigenvalue weighted by atomic mass is 10.2. The molecule has 12 heavy (non-hydrogen) atoms. The molecule has 0 aromatic rings. The summed E-state index contributed by atoms with van der Waals surface area (Å²) in [7, 11) is 0. The summed E-state index contributed by atoms with van der Waals surface area (Å²) in [5.41, 5.74) is 2.25. The molecule has 0 amide bonds. The van der Waals surface area contributed by atoms with Crippen molar-refractivity contribution in [1.82, 2.24) is 0 Å². The van der Waals surface area contributed by atoms with Crippen molar-refractivity contribution in [3.05, 3.63) is 36.1 Å². The lowest BCUT2D eigenvalue weighted by Gasteiger charge is -1.99. The van der Waals surface area contributed by atoms with Crippen molar-refractivity contribution in [2.75, 3.05) is 0 Å². The van der Waals surface area contributed by atoms with Gasteiger partial charge in [-0.15, -0.1) is 0 Å². The quantitative estimate of drug-likeness (QED) is 0.444. The Morgan fingerprint density at radius 2 is 2.17 bits per heavy atom. The van der Waals surface area contributed by atoms with Gasteiger partial charge in [-0.25, -0.2) is 0 Å². The van der Waals surface area contributed by atoms with Crippen LogP contribution in [0.5, 0.6) is 0 Å². The third kappa shape index (κ3) is 3.91. The van der Waals surface area contributed by atoms with Gasteiger partial charge >= 0.3 is 0 Å². The molecule has 1 nitrogen and oxygen atoms in total. The van der Waals surface area contributed by atoms with Gasteiger partial charge < -0.3 is 0 Å². The second-order valence-corrected chi connectivity index (χ2v) is 2.48. The van der Waals surface area contributed by atoms with Crippen LogP contribution in [0.1, 0.15) is 27.2 Å². The van der Waals surface area contributed by atoms with Crippen LogP contribution >= 0.6 is 0 Å². The summed E-state index contributed by atoms with van der Waals surface area (Å²) in [6, 6.07) is 0. The molecule has 0 atom stereocenters. The number of nitrogens with zero attached hydrogens (tertiary/aromatic N) is 1. The zero-order valence-electron chi connectivity index (χ0n) is 8.17. The van der Waals surface area contributed by atoms with Crippen LogP contribution in [0.4, 0.5) is 0 Å². The Morgan fingerprint density at radius 1 is 1.50 bits per heavy atom. The first-order chi connectivity index (χ1) is 5.76. The van der Waals surface area contributed by atoms with Crippen LogP contribution in [-0.2, 0) is 0 Å². The van der Waals surface area contributed by atoms with Crippen LogP contribution < -0.4 is 0 Å². The minimum absolute atomic E-state index is 1.01. The highest BCUT2D eigenvalue weighted by Gasteiger charge is 1.92. The van der Waals surface area contributed by atoms with E-state index in [9.17, 15) is 0 Å². The monoisotopic (exact) mass is 163 g/mol. The molecule has 0 spiro atoms. The summed E-state index contributed by atoms with van der Waals surface area (Å²) in [4.78, 5) is 4.25. The summed E-state index contributed by atoms with van der Waals surface area (Å²) >= 11 is 0. The third-order valence-electron chi connectivity index (χ3n) is 1.55. The Kier molecular flexibility index (Phi) is 5.98. The van der Waals surface area contributed by atoms with Crippen molar-refractivity contribution in [3.63, 3.8) is 0 Å². The van der Waals surface area contributed by atoms with Crippen molar-refractivity contribution in [2.24, 2.45) is 4.99 Å². The van der Waals surface area contributed by atoms with E-state index in [0.717, 1.165) is 12.1 Å². The molecular weight excluding hydrogens is 146 g/mol. The lowest BCUT2D eigenvalue weighted by Crippen LogP contribution is -1.81. The van der Waals surface area contributed by atoms with E-state index in [0.29, 0.717) is 0 Å². The summed E-state index contributed by atoms with van der Waals surface area (Å²) in [5, 5.41) is 0. The molecule has 0 bridgehead atoms. The average molecular weight is 163 g/mol. The van der Waals surface area contributed by atoms with Crippen molar-refractivity contribution in [2.45, 2.75) is 27.2 Å². The number of aliphatic imine (C=N–C) groups is 1. The van der Waals surface area contributed by atoms with E-state index in [2.05, 4.69) is 37.6 Å². The smallest absolute Gasteiger partial charge is 0.0615 e. The fourth-order valence-electron chi connectivity index (χ4n) is 0.790. The number of allylic oxidation sites excluding steroid dienone is 4. The van der Waals surface area contributed by atoms with Crippen molar-refractivity contribution in [1.29, 1.82) is 0 Å². The molecule has 0 aromatic heterocycles. The lowest BCUT2D eigenvalue weighted by molar-refractivity contribution is 1.16. The highest BCUT2D eigenvalue weighted by Crippen LogP contribution is 2.10. The molecule has 0 aliphatic carbocycles. The second-order valence-electron chi connectivity index (χ2n) is 2.48. The fourth-order valence-corrected chi connectivity index (χ4v) is 0.790. The number of hydrogen-bond acceptors (Lipinski definition) is 1. The van der Waals surface area contributed by atoms with Gasteiger partial charge in [-0.1, -0.05) is 31.7 Å². The first-order valence-corrected chi connectivity index (χ1v) is 4.24. The van der Waals surface area contributed by atoms with Crippen LogP contribution in [0.2, 0.25) is 0 Å². The third-order valence-corrected chi connectivity index (χ3v) is 1.55. The Bertz CT molecular complexity index is 219. The van der Waals surface area contributed by atoms with Crippen LogP contribution in [0.15, 0.2) is 41.1 Å². The molecule has 0 aromatic carbocycles. The van der Waals surface area contributed by atoms with E-state index in [1.54, 1.807) is 12.3 Å². The molecule has 0 saturated carbocycles. The number of rotatable bonds is 4. The highest BCUT2D eigenvalue weighted by molar-refractivity contribution is 5.71. The molecule has 0 fully saturated rings. The molecule has 66 valence electrons. The van der Waals surface area contributed by atoms with Gasteiger partial charge in [-0.05, 0) is 25.8 Å². The van der Waals surface area contributed by atoms with Gasteiger partial charge in [-0.3, -0.25) is 4.99 Å². The van der Waals surface area contributed by atoms with Gasteiger partial charge in [0.1, 0.15) is 0 Å². The van der Waals surface area contributed by atoms with Crippen LogP contribution in [-0.4, -0.2) is 6.21 Å². The Hall–Kier alpha value is -1.11. The summed E-state index contributed by atoms with van der Waals surface area (Å²) in [6.07, 6.45) is 8.58. The molecule has 0 aliphatic heterocycles. The zero-order chi connectivity index (χ0) is 9.40. The van der Waals surface area contributed by atoms with E-state index in [1.165, 1.54) is 5.57 Å². The molecular formula is C11H17N. The molecule has 0 N–H and O–H groups in total. The maximum absolute atomic E-state index is 4.25. The molecule has 0 aliphatic rings. The minimum Gasteiger partial charge on any atom is -0.257 e. The fraction of sp³-hybridized carbons (Fsp3) is 0.364. The molecule has 0 rings (SSSR count). The first kappa shape index (κ1) is 10.9. The van der Waals surface area contributed by atoms with Gasteiger partial charge in [0.2, 0.25) is 0 Å². The molecule has 0 saturated heterocycles. The predicted molar refractivity (Wildman–Crippen MR) is 56.5 cm³/mol. The Morgan fingerprint density at radius 3 is 2.58 bits per heavy atom. The van der Waals surface area contributed by atoms with E-state index >= 15 is 0 Å². The Labute approximate surface area is 75.2 Å². The highest BCUT2D eigenvalue weighted by atomic mass is 14.7. The SMILES string of the molecule is C=CC=NC(=C/CC)/C(C)=C\C. The summed E-state index contributed by atoms with van der Waals surface area (Å²) in [5.74, 6) is 0. The number of hydrogen-bond donors (Lipinski definition) is 0. The van der Waals surface area contributed by atoms with Gasteiger partial charge in [0.15, 0.2) is 0 Å². The van der Waals surface area contributed by atoms with Crippen molar-refractivity contribution in [3.8, 4) is 0 Å². The molecule has 0 radical (unpaired) electrons. The first-order valence-electron chi connectivity index (χ1n) is 4.24. The Balaban J connectivity index is 4.56. The largest absolute Gasteiger partial charge is 0.257 e. The van der Waals surface area contributed by atoms with Crippen LogP contribution in [0.3, 0.4) is 0 Å². The van der Waals surface area contributed by atoms with Crippen LogP contribution in [0, 0.1) is 0 Å². The topological polar surface area (TPSA) is 12.4 Å². The van der Waals surface area contributed by atoms with E-state index in [4.69, 9.17) is 0 Å². The minimum atomic E-state index is 1.01. The van der Waals surface area contributed by atoms with Crippen molar-refractivity contribution >= 4 is 6.21 Å². The van der Waals surface area contributed by atoms with E-state index in [-0.39, 0.29) is 0 Å². The molecule has 1 heteroatoms. The predicted octanol–water partition coefficient (Wildman–Crippen LogP) is 3.50. The molecule has 0 unspecified atom stereocenters. The second kappa shape index (κ2) is 6.59. The summed E-state index contributed by atoms with van der Waals surface area (Å²) < 4.78 is 0. The van der Waals surface area contributed by atoms with Gasteiger partial charge in [0.25, 0.3) is 0 Å². The normalized spacial score (nSPS) is 13.9. The van der Waals surface area contributed by atoms with Gasteiger partial charge in [0.05, 0.1) is 5.70 Å². The maximum atomic E-state index is 4.25. The van der Waals surface area contributed by atoms with E-state index < -0.39 is 0 Å². The maximum Gasteiger partial charge on any atom is 0.0615 e. The standard InChI is InChI=1S/C11H17N/c1-5-8-11(10(4)7-3)12-9-6-2/h6-9H,2,5H2,1,3-4H3/b10-7-,11-8+,12-9?. The zero-order valence-corrected chi connectivity index (χ0v) is 8.17.